The summed E-state index contributed by atoms with van der Waals surface area (Å²) < 4.78 is 60.2. The molecule has 2 aromatic carbocycles. The summed E-state index contributed by atoms with van der Waals surface area (Å²) in [5.41, 5.74) is 1.48. The Hall–Kier alpha value is -1.93. The molecule has 0 fully saturated rings. The van der Waals surface area contributed by atoms with Gasteiger partial charge in [0.05, 0.1) is 10.5 Å². The van der Waals surface area contributed by atoms with Gasteiger partial charge in [0.2, 0.25) is 0 Å². The van der Waals surface area contributed by atoms with Gasteiger partial charge in [-0.25, -0.2) is 4.21 Å². The van der Waals surface area contributed by atoms with Gasteiger partial charge in [0, 0.05) is 20.2 Å². The van der Waals surface area contributed by atoms with Crippen LogP contribution in [-0.2, 0) is 11.0 Å². The second-order valence-corrected chi connectivity index (χ2v) is 10.4. The van der Waals surface area contributed by atoms with Crippen molar-refractivity contribution >= 4 is 48.2 Å². The molecule has 28 heavy (non-hydrogen) atoms. The molecular weight excluding hydrogens is 407 g/mol. The summed E-state index contributed by atoms with van der Waals surface area (Å²) in [6.45, 7) is 6.06. The third kappa shape index (κ3) is 4.72. The van der Waals surface area contributed by atoms with E-state index in [1.807, 2.05) is 39.0 Å². The fourth-order valence-electron chi connectivity index (χ4n) is 2.55. The number of hydrogen-bond acceptors (Lipinski definition) is 3. The van der Waals surface area contributed by atoms with Crippen LogP contribution in [0.4, 0.5) is 13.2 Å². The van der Waals surface area contributed by atoms with Gasteiger partial charge in [0.25, 0.3) is 0 Å². The summed E-state index contributed by atoms with van der Waals surface area (Å²) in [7, 11) is -1.37. The number of ether oxygens (including phenoxy) is 1. The second-order valence-electron chi connectivity index (χ2n) is 7.41. The van der Waals surface area contributed by atoms with Crippen molar-refractivity contribution in [1.82, 2.24) is 0 Å². The van der Waals surface area contributed by atoms with E-state index >= 15 is 0 Å². The van der Waals surface area contributed by atoms with Crippen LogP contribution in [0.15, 0.2) is 40.8 Å². The molecule has 1 atom stereocenters. The van der Waals surface area contributed by atoms with Crippen molar-refractivity contribution in [2.45, 2.75) is 38.6 Å². The van der Waals surface area contributed by atoms with E-state index in [4.69, 9.17) is 4.74 Å². The van der Waals surface area contributed by atoms with E-state index in [1.54, 1.807) is 36.5 Å². The molecule has 0 bridgehead atoms. The lowest BCUT2D eigenvalue weighted by Gasteiger charge is -2.14. The van der Waals surface area contributed by atoms with Crippen LogP contribution in [0.25, 0.3) is 20.2 Å². The highest BCUT2D eigenvalue weighted by Gasteiger charge is 2.28. The molecular formula is C20H20F3NO2S2. The number of alkyl halides is 3. The van der Waals surface area contributed by atoms with Crippen LogP contribution in [-0.4, -0.2) is 27.5 Å². The van der Waals surface area contributed by atoms with Crippen molar-refractivity contribution in [3.63, 3.8) is 0 Å². The highest BCUT2D eigenvalue weighted by molar-refractivity contribution is 7.85. The van der Waals surface area contributed by atoms with Gasteiger partial charge in [-0.05, 0) is 63.6 Å². The van der Waals surface area contributed by atoms with Crippen LogP contribution in [0.1, 0.15) is 33.3 Å². The molecule has 150 valence electrons. The van der Waals surface area contributed by atoms with E-state index < -0.39 is 28.5 Å². The van der Waals surface area contributed by atoms with E-state index in [-0.39, 0.29) is 5.75 Å². The molecule has 0 saturated carbocycles. The first kappa shape index (κ1) is 20.8. The fourth-order valence-corrected chi connectivity index (χ4v) is 4.25. The summed E-state index contributed by atoms with van der Waals surface area (Å²) in [6.07, 6.45) is -4.38. The normalized spacial score (nSPS) is 14.6. The predicted octanol–water partition coefficient (Wildman–Crippen LogP) is 6.27. The molecule has 0 radical (unpaired) electrons. The largest absolute Gasteiger partial charge is 0.484 e. The lowest BCUT2D eigenvalue weighted by molar-refractivity contribution is -0.153. The van der Waals surface area contributed by atoms with E-state index in [0.29, 0.717) is 5.71 Å². The quantitative estimate of drug-likeness (QED) is 0.461. The maximum atomic E-state index is 12.4. The molecule has 1 aromatic heterocycles. The third-order valence-electron chi connectivity index (χ3n) is 4.00. The Morgan fingerprint density at radius 3 is 2.29 bits per heavy atom. The molecule has 0 N–H and O–H groups in total. The number of thiophene rings is 1. The number of benzene rings is 2. The summed E-state index contributed by atoms with van der Waals surface area (Å²) >= 11 is 1.55. The molecule has 0 aliphatic rings. The van der Waals surface area contributed by atoms with Crippen molar-refractivity contribution in [3.05, 3.63) is 42.0 Å². The van der Waals surface area contributed by atoms with E-state index in [0.717, 1.165) is 25.7 Å². The minimum atomic E-state index is -4.38. The Labute approximate surface area is 167 Å². The standard InChI is InChI=1S/C20H20F3NO2S2/c1-12(24-28(25)19(2,3)4)13-5-7-17-15(9-13)16-10-14(6-8-18(16)27-17)26-11-20(21,22)23/h5-10H,11H2,1-4H3/b24-12+/t28-/m1/s1. The Bertz CT molecular complexity index is 1080. The average Bonchev–Trinajstić information content (AvgIpc) is 2.95. The zero-order valence-electron chi connectivity index (χ0n) is 15.9. The van der Waals surface area contributed by atoms with Gasteiger partial charge in [0.1, 0.15) is 16.7 Å². The van der Waals surface area contributed by atoms with Crippen molar-refractivity contribution in [3.8, 4) is 5.75 Å². The van der Waals surface area contributed by atoms with Crippen LogP contribution in [0.5, 0.6) is 5.75 Å². The monoisotopic (exact) mass is 427 g/mol. The van der Waals surface area contributed by atoms with Crippen molar-refractivity contribution in [2.24, 2.45) is 4.40 Å². The molecule has 0 unspecified atom stereocenters. The molecule has 0 spiro atoms. The number of nitrogens with zero attached hydrogens (tertiary/aromatic N) is 1. The van der Waals surface area contributed by atoms with Gasteiger partial charge in [-0.1, -0.05) is 6.07 Å². The van der Waals surface area contributed by atoms with Gasteiger partial charge in [-0.15, -0.1) is 11.3 Å². The number of hydrogen-bond donors (Lipinski definition) is 0. The summed E-state index contributed by atoms with van der Waals surface area (Å²) in [5, 5.41) is 1.73. The molecule has 1 heterocycles. The zero-order chi connectivity index (χ0) is 20.7. The van der Waals surface area contributed by atoms with Crippen LogP contribution < -0.4 is 4.74 Å². The minimum Gasteiger partial charge on any atom is -0.484 e. The first-order chi connectivity index (χ1) is 12.9. The Morgan fingerprint density at radius 2 is 1.68 bits per heavy atom. The molecule has 3 nitrogen and oxygen atoms in total. The molecule has 0 aliphatic carbocycles. The summed E-state index contributed by atoms with van der Waals surface area (Å²) in [4.78, 5) is 0. The first-order valence-corrected chi connectivity index (χ1v) is 10.5. The molecule has 3 rings (SSSR count). The summed E-state index contributed by atoms with van der Waals surface area (Å²) in [6, 6.07) is 10.7. The second kappa shape index (κ2) is 7.48. The van der Waals surface area contributed by atoms with Gasteiger partial charge in [0.15, 0.2) is 6.61 Å². The Kier molecular flexibility index (Phi) is 5.55. The van der Waals surface area contributed by atoms with Crippen LogP contribution in [0.3, 0.4) is 0 Å². The Balaban J connectivity index is 2.01. The number of halogens is 3. The molecule has 0 amide bonds. The molecule has 0 saturated heterocycles. The Morgan fingerprint density at radius 1 is 1.07 bits per heavy atom. The molecule has 3 aromatic rings. The highest BCUT2D eigenvalue weighted by atomic mass is 32.2. The van der Waals surface area contributed by atoms with Crippen molar-refractivity contribution < 1.29 is 22.1 Å². The lowest BCUT2D eigenvalue weighted by Crippen LogP contribution is -2.20. The molecule has 0 aliphatic heterocycles. The average molecular weight is 428 g/mol. The first-order valence-electron chi connectivity index (χ1n) is 8.57. The van der Waals surface area contributed by atoms with Gasteiger partial charge in [-0.2, -0.15) is 17.6 Å². The predicted molar refractivity (Wildman–Crippen MR) is 111 cm³/mol. The minimum absolute atomic E-state index is 0.175. The fraction of sp³-hybridized carbons (Fsp3) is 0.350. The maximum absolute atomic E-state index is 12.4. The van der Waals surface area contributed by atoms with Crippen LogP contribution in [0, 0.1) is 0 Å². The van der Waals surface area contributed by atoms with Crippen molar-refractivity contribution in [1.29, 1.82) is 0 Å². The summed E-state index contributed by atoms with van der Waals surface area (Å²) in [5.74, 6) is 0.175. The lowest BCUT2D eigenvalue weighted by atomic mass is 10.1. The van der Waals surface area contributed by atoms with Crippen molar-refractivity contribution in [2.75, 3.05) is 6.61 Å². The highest BCUT2D eigenvalue weighted by Crippen LogP contribution is 2.36. The third-order valence-corrected chi connectivity index (χ3v) is 6.64. The van der Waals surface area contributed by atoms with E-state index in [2.05, 4.69) is 4.40 Å². The molecule has 8 heteroatoms. The van der Waals surface area contributed by atoms with Gasteiger partial charge in [-0.3, -0.25) is 0 Å². The maximum Gasteiger partial charge on any atom is 0.422 e. The topological polar surface area (TPSA) is 38.7 Å². The number of fused-ring (bicyclic) bond motifs is 3. The van der Waals surface area contributed by atoms with Crippen LogP contribution in [0.2, 0.25) is 0 Å². The van der Waals surface area contributed by atoms with E-state index in [1.165, 1.54) is 0 Å². The van der Waals surface area contributed by atoms with Crippen LogP contribution >= 0.6 is 11.3 Å². The smallest absolute Gasteiger partial charge is 0.422 e. The van der Waals surface area contributed by atoms with Gasteiger partial charge >= 0.3 is 6.18 Å². The number of rotatable bonds is 4. The SMILES string of the molecule is C/C(=N\[S@](=O)C(C)(C)C)c1ccc2sc3ccc(OCC(F)(F)F)cc3c2c1. The van der Waals surface area contributed by atoms with E-state index in [9.17, 15) is 17.4 Å². The van der Waals surface area contributed by atoms with Gasteiger partial charge < -0.3 is 4.74 Å². The zero-order valence-corrected chi connectivity index (χ0v) is 17.5.